The summed E-state index contributed by atoms with van der Waals surface area (Å²) in [5.41, 5.74) is -0.666. The van der Waals surface area contributed by atoms with E-state index in [1.54, 1.807) is 13.8 Å². The Hall–Kier alpha value is -2.22. The third-order valence-corrected chi connectivity index (χ3v) is 4.19. The molecule has 1 amide bonds. The molecule has 24 heavy (non-hydrogen) atoms. The summed E-state index contributed by atoms with van der Waals surface area (Å²) in [6.45, 7) is 0.408. The SMILES string of the molecule is Cc1cc(C(=O)N2CCC(O)(C(=O)O)CC2)cc(C)c1OC(F)F. The molecule has 0 unspecified atom stereocenters. The molecule has 1 fully saturated rings. The van der Waals surface area contributed by atoms with E-state index in [1.807, 2.05) is 0 Å². The molecule has 0 bridgehead atoms. The van der Waals surface area contributed by atoms with Gasteiger partial charge in [0.05, 0.1) is 0 Å². The van der Waals surface area contributed by atoms with Gasteiger partial charge in [-0.15, -0.1) is 0 Å². The molecule has 2 rings (SSSR count). The fourth-order valence-corrected chi connectivity index (χ4v) is 2.82. The smallest absolute Gasteiger partial charge is 0.387 e. The summed E-state index contributed by atoms with van der Waals surface area (Å²) in [5, 5.41) is 18.9. The molecule has 1 aromatic carbocycles. The number of alkyl halides is 2. The summed E-state index contributed by atoms with van der Waals surface area (Å²) in [5.74, 6) is -1.59. The standard InChI is InChI=1S/C16H19F2NO5/c1-9-7-11(8-10(2)12(9)24-15(17)18)13(20)19-5-3-16(23,4-6-19)14(21)22/h7-8,15,23H,3-6H2,1-2H3,(H,21,22). The first-order chi connectivity index (χ1) is 11.1. The molecule has 0 aliphatic carbocycles. The molecule has 0 aromatic heterocycles. The minimum Gasteiger partial charge on any atom is -0.479 e. The van der Waals surface area contributed by atoms with Crippen LogP contribution < -0.4 is 4.74 Å². The summed E-state index contributed by atoms with van der Waals surface area (Å²) < 4.78 is 29.3. The van der Waals surface area contributed by atoms with E-state index >= 15 is 0 Å². The average molecular weight is 343 g/mol. The number of benzene rings is 1. The van der Waals surface area contributed by atoms with Crippen molar-refractivity contribution in [3.63, 3.8) is 0 Å². The summed E-state index contributed by atoms with van der Waals surface area (Å²) in [6, 6.07) is 2.93. The highest BCUT2D eigenvalue weighted by Gasteiger charge is 2.40. The predicted octanol–water partition coefficient (Wildman–Crippen LogP) is 1.96. The number of amides is 1. The third kappa shape index (κ3) is 3.64. The second-order valence-corrected chi connectivity index (χ2v) is 5.95. The maximum Gasteiger partial charge on any atom is 0.387 e. The van der Waals surface area contributed by atoms with Crippen LogP contribution in [0.1, 0.15) is 34.3 Å². The molecular weight excluding hydrogens is 324 g/mol. The number of rotatable bonds is 4. The van der Waals surface area contributed by atoms with Gasteiger partial charge in [0.15, 0.2) is 5.60 Å². The van der Waals surface area contributed by atoms with Gasteiger partial charge in [0.2, 0.25) is 0 Å². The molecule has 1 heterocycles. The van der Waals surface area contributed by atoms with Crippen LogP contribution in [0.5, 0.6) is 5.75 Å². The van der Waals surface area contributed by atoms with Crippen molar-refractivity contribution in [2.75, 3.05) is 13.1 Å². The Balaban J connectivity index is 2.15. The van der Waals surface area contributed by atoms with Crippen LogP contribution in [0.15, 0.2) is 12.1 Å². The third-order valence-electron chi connectivity index (χ3n) is 4.19. The molecule has 1 saturated heterocycles. The van der Waals surface area contributed by atoms with Crippen molar-refractivity contribution in [1.82, 2.24) is 4.90 Å². The highest BCUT2D eigenvalue weighted by molar-refractivity contribution is 5.95. The topological polar surface area (TPSA) is 87.1 Å². The normalized spacial score (nSPS) is 17.0. The van der Waals surface area contributed by atoms with Crippen molar-refractivity contribution in [3.8, 4) is 5.75 Å². The number of halogens is 2. The number of aliphatic hydroxyl groups is 1. The van der Waals surface area contributed by atoms with Crippen LogP contribution in [-0.2, 0) is 4.79 Å². The van der Waals surface area contributed by atoms with Crippen LogP contribution in [0.3, 0.4) is 0 Å². The van der Waals surface area contributed by atoms with Crippen LogP contribution >= 0.6 is 0 Å². The Morgan fingerprint density at radius 3 is 2.12 bits per heavy atom. The maximum absolute atomic E-state index is 12.5. The average Bonchev–Trinajstić information content (AvgIpc) is 2.50. The van der Waals surface area contributed by atoms with Gasteiger partial charge in [0, 0.05) is 31.5 Å². The lowest BCUT2D eigenvalue weighted by atomic mass is 9.91. The number of piperidine rings is 1. The zero-order valence-corrected chi connectivity index (χ0v) is 13.4. The molecule has 6 nitrogen and oxygen atoms in total. The molecule has 2 N–H and O–H groups in total. The monoisotopic (exact) mass is 343 g/mol. The molecule has 132 valence electrons. The molecule has 1 aliphatic heterocycles. The maximum atomic E-state index is 12.5. The fraction of sp³-hybridized carbons (Fsp3) is 0.500. The van der Waals surface area contributed by atoms with Gasteiger partial charge >= 0.3 is 12.6 Å². The molecule has 0 atom stereocenters. The Kier molecular flexibility index (Phi) is 5.08. The highest BCUT2D eigenvalue weighted by Crippen LogP contribution is 2.28. The number of carbonyl (C=O) groups is 2. The summed E-state index contributed by atoms with van der Waals surface area (Å²) >= 11 is 0. The van der Waals surface area contributed by atoms with Crippen molar-refractivity contribution in [2.45, 2.75) is 38.9 Å². The van der Waals surface area contributed by atoms with Crippen LogP contribution in [0.25, 0.3) is 0 Å². The molecule has 1 aromatic rings. The number of aryl methyl sites for hydroxylation is 2. The van der Waals surface area contributed by atoms with Gasteiger partial charge in [-0.3, -0.25) is 4.79 Å². The van der Waals surface area contributed by atoms with Crippen molar-refractivity contribution in [2.24, 2.45) is 0 Å². The summed E-state index contributed by atoms with van der Waals surface area (Å²) in [7, 11) is 0. The van der Waals surface area contributed by atoms with E-state index in [1.165, 1.54) is 17.0 Å². The lowest BCUT2D eigenvalue weighted by Gasteiger charge is -2.35. The van der Waals surface area contributed by atoms with E-state index in [0.29, 0.717) is 16.7 Å². The number of hydrogen-bond donors (Lipinski definition) is 2. The van der Waals surface area contributed by atoms with Crippen molar-refractivity contribution >= 4 is 11.9 Å². The molecule has 0 saturated carbocycles. The van der Waals surface area contributed by atoms with Gasteiger partial charge in [-0.05, 0) is 37.1 Å². The second-order valence-electron chi connectivity index (χ2n) is 5.95. The van der Waals surface area contributed by atoms with Gasteiger partial charge in [-0.25, -0.2) is 4.79 Å². The summed E-state index contributed by atoms with van der Waals surface area (Å²) in [6.07, 6.45) is -0.114. The Morgan fingerprint density at radius 2 is 1.71 bits per heavy atom. The number of carboxylic acids is 1. The van der Waals surface area contributed by atoms with Gasteiger partial charge in [-0.1, -0.05) is 0 Å². The van der Waals surface area contributed by atoms with E-state index in [4.69, 9.17) is 5.11 Å². The predicted molar refractivity (Wildman–Crippen MR) is 80.3 cm³/mol. The minimum atomic E-state index is -2.94. The zero-order chi connectivity index (χ0) is 18.1. The Labute approximate surface area is 137 Å². The lowest BCUT2D eigenvalue weighted by molar-refractivity contribution is -0.162. The van der Waals surface area contributed by atoms with Crippen LogP contribution in [0, 0.1) is 13.8 Å². The Morgan fingerprint density at radius 1 is 1.21 bits per heavy atom. The number of nitrogens with zero attached hydrogens (tertiary/aromatic N) is 1. The van der Waals surface area contributed by atoms with Gasteiger partial charge < -0.3 is 19.8 Å². The zero-order valence-electron chi connectivity index (χ0n) is 13.4. The van der Waals surface area contributed by atoms with Crippen LogP contribution in [0.2, 0.25) is 0 Å². The van der Waals surface area contributed by atoms with Gasteiger partial charge in [-0.2, -0.15) is 8.78 Å². The van der Waals surface area contributed by atoms with Gasteiger partial charge in [0.25, 0.3) is 5.91 Å². The van der Waals surface area contributed by atoms with Crippen molar-refractivity contribution in [3.05, 3.63) is 28.8 Å². The van der Waals surface area contributed by atoms with E-state index in [9.17, 15) is 23.5 Å². The number of carbonyl (C=O) groups excluding carboxylic acids is 1. The first-order valence-electron chi connectivity index (χ1n) is 7.45. The number of carboxylic acid groups (broad SMARTS) is 1. The van der Waals surface area contributed by atoms with E-state index in [2.05, 4.69) is 4.74 Å². The van der Waals surface area contributed by atoms with Crippen molar-refractivity contribution < 1.29 is 33.3 Å². The van der Waals surface area contributed by atoms with Crippen LogP contribution in [-0.4, -0.2) is 52.3 Å². The molecule has 8 heteroatoms. The molecular formula is C16H19F2NO5. The highest BCUT2D eigenvalue weighted by atomic mass is 19.3. The Bertz CT molecular complexity index is 631. The van der Waals surface area contributed by atoms with E-state index in [-0.39, 0.29) is 37.6 Å². The van der Waals surface area contributed by atoms with Gasteiger partial charge in [0.1, 0.15) is 5.75 Å². The van der Waals surface area contributed by atoms with Crippen LogP contribution in [0.4, 0.5) is 8.78 Å². The minimum absolute atomic E-state index is 0.0421. The summed E-state index contributed by atoms with van der Waals surface area (Å²) in [4.78, 5) is 25.0. The van der Waals surface area contributed by atoms with E-state index in [0.717, 1.165) is 0 Å². The molecule has 0 spiro atoms. The quantitative estimate of drug-likeness (QED) is 0.873. The number of aliphatic carboxylic acids is 1. The van der Waals surface area contributed by atoms with Crippen molar-refractivity contribution in [1.29, 1.82) is 0 Å². The number of ether oxygens (including phenoxy) is 1. The number of hydrogen-bond acceptors (Lipinski definition) is 4. The molecule has 1 aliphatic rings. The largest absolute Gasteiger partial charge is 0.479 e. The number of likely N-dealkylation sites (tertiary alicyclic amines) is 1. The first-order valence-corrected chi connectivity index (χ1v) is 7.45. The van der Waals surface area contributed by atoms with E-state index < -0.39 is 18.2 Å². The second kappa shape index (κ2) is 6.72. The lowest BCUT2D eigenvalue weighted by Crippen LogP contribution is -2.50. The fourth-order valence-electron chi connectivity index (χ4n) is 2.82. The first kappa shape index (κ1) is 18.1. The molecule has 0 radical (unpaired) electrons.